The van der Waals surface area contributed by atoms with Crippen molar-refractivity contribution in [2.45, 2.75) is 0 Å². The zero-order valence-electron chi connectivity index (χ0n) is 9.74. The van der Waals surface area contributed by atoms with Crippen LogP contribution in [-0.4, -0.2) is 45.9 Å². The normalized spacial score (nSPS) is 9.42. The fraction of sp³-hybridized carbons (Fsp3) is 0.182. The lowest BCUT2D eigenvalue weighted by Crippen LogP contribution is -2.41. The molecule has 0 unspecified atom stereocenters. The van der Waals surface area contributed by atoms with Crippen LogP contribution in [0.1, 0.15) is 16.1 Å². The van der Waals surface area contributed by atoms with Gasteiger partial charge in [-0.15, -0.1) is 0 Å². The van der Waals surface area contributed by atoms with E-state index in [4.69, 9.17) is 16.1 Å². The van der Waals surface area contributed by atoms with Crippen molar-refractivity contribution in [1.82, 2.24) is 9.88 Å². The van der Waals surface area contributed by atoms with Crippen LogP contribution in [0.2, 0.25) is 0 Å². The molecule has 0 fully saturated rings. The van der Waals surface area contributed by atoms with Crippen LogP contribution in [0, 0.1) is 11.3 Å². The monoisotopic (exact) mass is 262 g/mol. The van der Waals surface area contributed by atoms with E-state index in [0.29, 0.717) is 0 Å². The molecular weight excluding hydrogens is 252 g/mol. The molecule has 1 aromatic rings. The summed E-state index contributed by atoms with van der Waals surface area (Å²) in [5.74, 6) is -2.85. The van der Waals surface area contributed by atoms with Crippen LogP contribution in [0.4, 0.5) is 0 Å². The van der Waals surface area contributed by atoms with E-state index in [-0.39, 0.29) is 11.3 Å². The molecule has 0 aliphatic rings. The molecule has 8 heteroatoms. The number of carbonyl (C=O) groups excluding carboxylic acids is 2. The molecule has 1 rings (SSSR count). The van der Waals surface area contributed by atoms with Gasteiger partial charge in [0.15, 0.2) is 0 Å². The fourth-order valence-electron chi connectivity index (χ4n) is 1.30. The van der Waals surface area contributed by atoms with Crippen molar-refractivity contribution in [2.75, 3.05) is 13.1 Å². The smallest absolute Gasteiger partial charge is 0.323 e. The Bertz CT molecular complexity index is 531. The number of hydrogen-bond acceptors (Lipinski definition) is 5. The molecule has 0 aliphatic heterocycles. The number of nitrogens with two attached hydrogens (primary N) is 1. The van der Waals surface area contributed by atoms with Gasteiger partial charge in [-0.2, -0.15) is 5.26 Å². The number of nitriles is 1. The maximum Gasteiger partial charge on any atom is 0.323 e. The van der Waals surface area contributed by atoms with Crippen molar-refractivity contribution in [2.24, 2.45) is 5.73 Å². The van der Waals surface area contributed by atoms with Gasteiger partial charge >= 0.3 is 5.97 Å². The third-order valence-electron chi connectivity index (χ3n) is 2.07. The van der Waals surface area contributed by atoms with Crippen molar-refractivity contribution in [3.05, 3.63) is 29.6 Å². The lowest BCUT2D eigenvalue weighted by molar-refractivity contribution is -0.138. The van der Waals surface area contributed by atoms with Gasteiger partial charge in [-0.1, -0.05) is 0 Å². The van der Waals surface area contributed by atoms with Crippen molar-refractivity contribution in [3.63, 3.8) is 0 Å². The van der Waals surface area contributed by atoms with E-state index in [1.54, 1.807) is 0 Å². The molecule has 0 aromatic carbocycles. The summed E-state index contributed by atoms with van der Waals surface area (Å²) >= 11 is 0. The average molecular weight is 262 g/mol. The maximum absolute atomic E-state index is 11.9. The summed E-state index contributed by atoms with van der Waals surface area (Å²) in [4.78, 5) is 37.8. The maximum atomic E-state index is 11.9. The molecule has 0 radical (unpaired) electrons. The van der Waals surface area contributed by atoms with Gasteiger partial charge in [0.05, 0.1) is 5.56 Å². The van der Waals surface area contributed by atoms with Crippen LogP contribution in [-0.2, 0) is 9.59 Å². The Morgan fingerprint density at radius 2 is 2.05 bits per heavy atom. The van der Waals surface area contributed by atoms with Crippen molar-refractivity contribution in [3.8, 4) is 6.07 Å². The molecule has 1 heterocycles. The Labute approximate surface area is 108 Å². The molecule has 0 aliphatic carbocycles. The molecule has 0 saturated heterocycles. The summed E-state index contributed by atoms with van der Waals surface area (Å²) in [7, 11) is 0. The number of carboxylic acid groups (broad SMARTS) is 1. The zero-order valence-corrected chi connectivity index (χ0v) is 9.74. The number of carbonyl (C=O) groups is 3. The standard InChI is InChI=1S/C11H10N4O4/c12-3-7-1-2-8(14-4-7)11(19)15(5-9(13)16)6-10(17)18/h1-2,4H,5-6H2,(H2,13,16)(H,17,18). The van der Waals surface area contributed by atoms with E-state index in [1.807, 2.05) is 6.07 Å². The molecule has 19 heavy (non-hydrogen) atoms. The third kappa shape index (κ3) is 4.08. The zero-order chi connectivity index (χ0) is 14.4. The van der Waals surface area contributed by atoms with Crippen LogP contribution in [0.15, 0.2) is 18.3 Å². The quantitative estimate of drug-likeness (QED) is 0.695. The third-order valence-corrected chi connectivity index (χ3v) is 2.07. The van der Waals surface area contributed by atoms with E-state index in [1.165, 1.54) is 18.3 Å². The number of pyridine rings is 1. The number of aromatic nitrogens is 1. The number of primary amides is 1. The van der Waals surface area contributed by atoms with Crippen LogP contribution in [0.25, 0.3) is 0 Å². The van der Waals surface area contributed by atoms with Gasteiger partial charge in [-0.05, 0) is 12.1 Å². The summed E-state index contributed by atoms with van der Waals surface area (Å²) < 4.78 is 0. The Morgan fingerprint density at radius 1 is 1.37 bits per heavy atom. The number of nitrogens with zero attached hydrogens (tertiary/aromatic N) is 3. The van der Waals surface area contributed by atoms with Crippen LogP contribution < -0.4 is 5.73 Å². The molecule has 3 N–H and O–H groups in total. The van der Waals surface area contributed by atoms with Crippen LogP contribution in [0.5, 0.6) is 0 Å². The number of carboxylic acids is 1. The van der Waals surface area contributed by atoms with Crippen molar-refractivity contribution in [1.29, 1.82) is 5.26 Å². The summed E-state index contributed by atoms with van der Waals surface area (Å²) in [6.45, 7) is -1.18. The minimum absolute atomic E-state index is 0.0681. The van der Waals surface area contributed by atoms with Gasteiger partial charge in [-0.25, -0.2) is 4.98 Å². The number of amides is 2. The van der Waals surface area contributed by atoms with Crippen molar-refractivity contribution < 1.29 is 19.5 Å². The second-order valence-electron chi connectivity index (χ2n) is 3.57. The summed E-state index contributed by atoms with van der Waals surface area (Å²) in [6.07, 6.45) is 1.18. The molecule has 0 spiro atoms. The highest BCUT2D eigenvalue weighted by molar-refractivity contribution is 5.96. The van der Waals surface area contributed by atoms with Gasteiger partial charge in [0.25, 0.3) is 5.91 Å². The minimum Gasteiger partial charge on any atom is -0.480 e. The first kappa shape index (κ1) is 14.1. The SMILES string of the molecule is N#Cc1ccc(C(=O)N(CC(N)=O)CC(=O)O)nc1. The van der Waals surface area contributed by atoms with Gasteiger partial charge in [-0.3, -0.25) is 14.4 Å². The molecule has 8 nitrogen and oxygen atoms in total. The van der Waals surface area contributed by atoms with Gasteiger partial charge < -0.3 is 15.7 Å². The van der Waals surface area contributed by atoms with E-state index < -0.39 is 30.9 Å². The summed E-state index contributed by atoms with van der Waals surface area (Å²) in [5, 5.41) is 17.3. The summed E-state index contributed by atoms with van der Waals surface area (Å²) in [5.41, 5.74) is 5.13. The molecule has 2 amide bonds. The number of rotatable bonds is 5. The van der Waals surface area contributed by atoms with Gasteiger partial charge in [0.1, 0.15) is 24.9 Å². The predicted molar refractivity (Wildman–Crippen MR) is 61.7 cm³/mol. The molecule has 0 saturated carbocycles. The molecule has 0 bridgehead atoms. The Hall–Kier alpha value is -2.95. The van der Waals surface area contributed by atoms with E-state index in [0.717, 1.165) is 4.90 Å². The van der Waals surface area contributed by atoms with Crippen LogP contribution in [0.3, 0.4) is 0 Å². The molecular formula is C11H10N4O4. The van der Waals surface area contributed by atoms with E-state index >= 15 is 0 Å². The fourth-order valence-corrected chi connectivity index (χ4v) is 1.30. The Morgan fingerprint density at radius 3 is 2.47 bits per heavy atom. The number of aliphatic carboxylic acids is 1. The first-order valence-corrected chi connectivity index (χ1v) is 5.09. The minimum atomic E-state index is -1.27. The molecule has 98 valence electrons. The summed E-state index contributed by atoms with van der Waals surface area (Å²) in [6, 6.07) is 4.47. The molecule has 1 aromatic heterocycles. The number of hydrogen-bond donors (Lipinski definition) is 2. The van der Waals surface area contributed by atoms with E-state index in [2.05, 4.69) is 4.98 Å². The highest BCUT2D eigenvalue weighted by atomic mass is 16.4. The predicted octanol–water partition coefficient (Wildman–Crippen LogP) is -1.03. The highest BCUT2D eigenvalue weighted by Gasteiger charge is 2.21. The van der Waals surface area contributed by atoms with Gasteiger partial charge in [0.2, 0.25) is 5.91 Å². The van der Waals surface area contributed by atoms with Crippen molar-refractivity contribution >= 4 is 17.8 Å². The Kier molecular flexibility index (Phi) is 4.54. The highest BCUT2D eigenvalue weighted by Crippen LogP contribution is 2.03. The topological polar surface area (TPSA) is 137 Å². The average Bonchev–Trinajstić information content (AvgIpc) is 2.36. The second-order valence-corrected chi connectivity index (χ2v) is 3.57. The lowest BCUT2D eigenvalue weighted by Gasteiger charge is -2.18. The van der Waals surface area contributed by atoms with E-state index in [9.17, 15) is 14.4 Å². The largest absolute Gasteiger partial charge is 0.480 e. The van der Waals surface area contributed by atoms with Crippen LogP contribution >= 0.6 is 0 Å². The first-order valence-electron chi connectivity index (χ1n) is 5.09. The molecule has 0 atom stereocenters. The Balaban J connectivity index is 2.94. The lowest BCUT2D eigenvalue weighted by atomic mass is 10.2. The van der Waals surface area contributed by atoms with Gasteiger partial charge in [0, 0.05) is 6.20 Å². The second kappa shape index (κ2) is 6.11. The first-order chi connectivity index (χ1) is 8.93.